The maximum atomic E-state index is 13.4. The molecule has 3 aromatic rings. The predicted molar refractivity (Wildman–Crippen MR) is 103 cm³/mol. The molecule has 2 aromatic carbocycles. The fraction of sp³-hybridized carbons (Fsp3) is 0.190. The van der Waals surface area contributed by atoms with Crippen molar-refractivity contribution in [2.75, 3.05) is 20.8 Å². The fourth-order valence-electron chi connectivity index (χ4n) is 2.98. The van der Waals surface area contributed by atoms with Crippen molar-refractivity contribution in [3.8, 4) is 11.5 Å². The molecule has 1 aromatic heterocycles. The van der Waals surface area contributed by atoms with E-state index in [1.165, 1.54) is 12.1 Å². The van der Waals surface area contributed by atoms with E-state index in [1.807, 2.05) is 6.07 Å². The first-order chi connectivity index (χ1) is 13.0. The Morgan fingerprint density at radius 2 is 2.00 bits per heavy atom. The minimum absolute atomic E-state index is 0.212. The zero-order chi connectivity index (χ0) is 19.4. The van der Waals surface area contributed by atoms with Crippen molar-refractivity contribution >= 4 is 16.8 Å². The van der Waals surface area contributed by atoms with E-state index in [4.69, 9.17) is 9.47 Å². The van der Waals surface area contributed by atoms with E-state index in [9.17, 15) is 9.18 Å². The van der Waals surface area contributed by atoms with Crippen molar-refractivity contribution in [1.82, 2.24) is 9.88 Å². The first-order valence-corrected chi connectivity index (χ1v) is 8.45. The minimum Gasteiger partial charge on any atom is -0.497 e. The van der Waals surface area contributed by atoms with E-state index >= 15 is 0 Å². The maximum Gasteiger partial charge on any atom is 0.270 e. The Kier molecular flexibility index (Phi) is 5.45. The average molecular weight is 368 g/mol. The number of ether oxygens (including phenoxy) is 2. The van der Waals surface area contributed by atoms with Crippen molar-refractivity contribution in [2.45, 2.75) is 6.54 Å². The van der Waals surface area contributed by atoms with Gasteiger partial charge < -0.3 is 19.4 Å². The number of methoxy groups -OCH3 is 2. The molecule has 0 aliphatic rings. The number of H-pyrrole nitrogens is 1. The number of benzene rings is 2. The molecule has 27 heavy (non-hydrogen) atoms. The van der Waals surface area contributed by atoms with Crippen molar-refractivity contribution in [2.24, 2.45) is 0 Å². The lowest BCUT2D eigenvalue weighted by molar-refractivity contribution is 0.0756. The van der Waals surface area contributed by atoms with Crippen LogP contribution >= 0.6 is 0 Å². The molecule has 0 radical (unpaired) electrons. The molecule has 1 heterocycles. The number of halogens is 1. The first kappa shape index (κ1) is 18.5. The summed E-state index contributed by atoms with van der Waals surface area (Å²) in [5.41, 5.74) is 1.91. The molecule has 0 aliphatic carbocycles. The number of hydrogen-bond acceptors (Lipinski definition) is 3. The number of amides is 1. The number of carbonyl (C=O) groups is 1. The highest BCUT2D eigenvalue weighted by atomic mass is 19.1. The second-order valence-corrected chi connectivity index (χ2v) is 6.07. The Hall–Kier alpha value is -3.28. The fourth-order valence-corrected chi connectivity index (χ4v) is 2.98. The Labute approximate surface area is 157 Å². The smallest absolute Gasteiger partial charge is 0.270 e. The van der Waals surface area contributed by atoms with Gasteiger partial charge in [-0.15, -0.1) is 6.58 Å². The summed E-state index contributed by atoms with van der Waals surface area (Å²) in [6.07, 6.45) is 1.66. The Morgan fingerprint density at radius 3 is 2.70 bits per heavy atom. The molecule has 0 bridgehead atoms. The number of rotatable bonds is 7. The summed E-state index contributed by atoms with van der Waals surface area (Å²) in [5, 5.41) is 0.649. The van der Waals surface area contributed by atoms with E-state index in [1.54, 1.807) is 49.5 Å². The number of fused-ring (bicyclic) bond motifs is 1. The Bertz CT molecular complexity index is 981. The second-order valence-electron chi connectivity index (χ2n) is 6.07. The van der Waals surface area contributed by atoms with Crippen molar-refractivity contribution in [3.05, 3.63) is 72.2 Å². The van der Waals surface area contributed by atoms with Crippen LogP contribution in [0.4, 0.5) is 4.39 Å². The van der Waals surface area contributed by atoms with Gasteiger partial charge in [0.05, 0.1) is 20.8 Å². The van der Waals surface area contributed by atoms with E-state index in [2.05, 4.69) is 11.6 Å². The number of carbonyl (C=O) groups excluding carboxylic acids is 1. The molecule has 1 N–H and O–H groups in total. The van der Waals surface area contributed by atoms with Crippen molar-refractivity contribution in [3.63, 3.8) is 0 Å². The third kappa shape index (κ3) is 3.95. The van der Waals surface area contributed by atoms with Crippen LogP contribution in [0.15, 0.2) is 55.1 Å². The number of nitrogens with zero attached hydrogens (tertiary/aromatic N) is 1. The van der Waals surface area contributed by atoms with Crippen molar-refractivity contribution < 1.29 is 18.7 Å². The van der Waals surface area contributed by atoms with Crippen LogP contribution in [0.1, 0.15) is 16.1 Å². The SMILES string of the molecule is C=CCN(Cc1cc(OC)ccc1OC)C(=O)c1cc2cc(F)ccc2[nH]1. The van der Waals surface area contributed by atoms with Crippen molar-refractivity contribution in [1.29, 1.82) is 0 Å². The number of aromatic amines is 1. The van der Waals surface area contributed by atoms with Gasteiger partial charge in [-0.05, 0) is 42.5 Å². The Balaban J connectivity index is 1.92. The lowest BCUT2D eigenvalue weighted by atomic mass is 10.1. The van der Waals surface area contributed by atoms with E-state index in [0.717, 1.165) is 5.56 Å². The molecular formula is C21H21FN2O3. The van der Waals surface area contributed by atoms with Crippen LogP contribution in [-0.2, 0) is 6.54 Å². The highest BCUT2D eigenvalue weighted by Crippen LogP contribution is 2.26. The molecule has 5 nitrogen and oxygen atoms in total. The Morgan fingerprint density at radius 1 is 1.19 bits per heavy atom. The van der Waals surface area contributed by atoms with Crippen LogP contribution in [0, 0.1) is 5.82 Å². The van der Waals surface area contributed by atoms with Crippen LogP contribution in [0.25, 0.3) is 10.9 Å². The van der Waals surface area contributed by atoms with Gasteiger partial charge in [0.15, 0.2) is 0 Å². The summed E-state index contributed by atoms with van der Waals surface area (Å²) < 4.78 is 24.1. The molecule has 140 valence electrons. The molecule has 1 amide bonds. The molecule has 0 spiro atoms. The largest absolute Gasteiger partial charge is 0.497 e. The monoisotopic (exact) mass is 368 g/mol. The molecule has 6 heteroatoms. The zero-order valence-corrected chi connectivity index (χ0v) is 15.3. The van der Waals surface area contributed by atoms with E-state index < -0.39 is 0 Å². The molecule has 0 aliphatic heterocycles. The van der Waals surface area contributed by atoms with Gasteiger partial charge in [0.25, 0.3) is 5.91 Å². The third-order valence-electron chi connectivity index (χ3n) is 4.30. The van der Waals surface area contributed by atoms with Gasteiger partial charge in [0.2, 0.25) is 0 Å². The summed E-state index contributed by atoms with van der Waals surface area (Å²) in [6, 6.07) is 11.5. The lowest BCUT2D eigenvalue weighted by Gasteiger charge is -2.22. The zero-order valence-electron chi connectivity index (χ0n) is 15.3. The predicted octanol–water partition coefficient (Wildman–Crippen LogP) is 4.15. The average Bonchev–Trinajstić information content (AvgIpc) is 3.10. The number of nitrogens with one attached hydrogen (secondary N) is 1. The maximum absolute atomic E-state index is 13.4. The van der Waals surface area contributed by atoms with Crippen LogP contribution < -0.4 is 9.47 Å². The molecule has 0 saturated carbocycles. The molecular weight excluding hydrogens is 347 g/mol. The second kappa shape index (κ2) is 7.95. The summed E-state index contributed by atoms with van der Waals surface area (Å²) in [6.45, 7) is 4.40. The lowest BCUT2D eigenvalue weighted by Crippen LogP contribution is -2.31. The topological polar surface area (TPSA) is 54.6 Å². The normalized spacial score (nSPS) is 10.6. The highest BCUT2D eigenvalue weighted by Gasteiger charge is 2.19. The standard InChI is InChI=1S/C21H21FN2O3/c1-4-9-24(13-15-11-17(26-2)6-8-20(15)27-3)21(25)19-12-14-10-16(22)5-7-18(14)23-19/h4-8,10-12,23H,1,9,13H2,2-3H3. The summed E-state index contributed by atoms with van der Waals surface area (Å²) in [7, 11) is 3.17. The summed E-state index contributed by atoms with van der Waals surface area (Å²) in [5.74, 6) is 0.787. The van der Waals surface area contributed by atoms with Crippen LogP contribution in [-0.4, -0.2) is 36.6 Å². The third-order valence-corrected chi connectivity index (χ3v) is 4.30. The highest BCUT2D eigenvalue weighted by molar-refractivity contribution is 5.98. The van der Waals surface area contributed by atoms with Crippen LogP contribution in [0.2, 0.25) is 0 Å². The quantitative estimate of drug-likeness (QED) is 0.638. The molecule has 0 unspecified atom stereocenters. The van der Waals surface area contributed by atoms with Crippen LogP contribution in [0.5, 0.6) is 11.5 Å². The van der Waals surface area contributed by atoms with Gasteiger partial charge >= 0.3 is 0 Å². The van der Waals surface area contributed by atoms with E-state index in [-0.39, 0.29) is 11.7 Å². The number of hydrogen-bond donors (Lipinski definition) is 1. The minimum atomic E-state index is -0.343. The summed E-state index contributed by atoms with van der Waals surface area (Å²) in [4.78, 5) is 17.7. The van der Waals surface area contributed by atoms with Gasteiger partial charge in [0, 0.05) is 23.0 Å². The van der Waals surface area contributed by atoms with Gasteiger partial charge in [-0.1, -0.05) is 6.08 Å². The molecule has 3 rings (SSSR count). The van der Waals surface area contributed by atoms with Gasteiger partial charge in [0.1, 0.15) is 23.0 Å². The van der Waals surface area contributed by atoms with E-state index in [0.29, 0.717) is 41.2 Å². The first-order valence-electron chi connectivity index (χ1n) is 8.45. The van der Waals surface area contributed by atoms with Gasteiger partial charge in [-0.25, -0.2) is 4.39 Å². The molecule has 0 fully saturated rings. The number of aromatic nitrogens is 1. The van der Waals surface area contributed by atoms with Gasteiger partial charge in [-0.2, -0.15) is 0 Å². The van der Waals surface area contributed by atoms with Crippen LogP contribution in [0.3, 0.4) is 0 Å². The molecule has 0 saturated heterocycles. The van der Waals surface area contributed by atoms with Gasteiger partial charge in [-0.3, -0.25) is 4.79 Å². The molecule has 0 atom stereocenters. The summed E-state index contributed by atoms with van der Waals surface area (Å²) >= 11 is 0.